The average molecular weight is 258 g/mol. The Morgan fingerprint density at radius 1 is 1.16 bits per heavy atom. The van der Waals surface area contributed by atoms with Crippen LogP contribution in [0.4, 0.5) is 5.69 Å². The molecule has 1 aliphatic carbocycles. The van der Waals surface area contributed by atoms with E-state index in [4.69, 9.17) is 5.73 Å². The third kappa shape index (κ3) is 3.44. The zero-order valence-corrected chi connectivity index (χ0v) is 10.8. The molecule has 1 amide bonds. The van der Waals surface area contributed by atoms with E-state index in [0.29, 0.717) is 17.7 Å². The summed E-state index contributed by atoms with van der Waals surface area (Å²) in [5, 5.41) is 3.04. The first kappa shape index (κ1) is 13.3. The van der Waals surface area contributed by atoms with Crippen LogP contribution in [-0.2, 0) is 4.79 Å². The molecule has 1 aliphatic rings. The molecule has 0 bridgehead atoms. The van der Waals surface area contributed by atoms with Crippen molar-refractivity contribution in [3.05, 3.63) is 41.6 Å². The predicted octanol–water partition coefficient (Wildman–Crippen LogP) is 2.61. The minimum Gasteiger partial charge on any atom is -0.366 e. The second-order valence-electron chi connectivity index (χ2n) is 4.71. The van der Waals surface area contributed by atoms with E-state index in [1.807, 2.05) is 6.07 Å². The van der Waals surface area contributed by atoms with Crippen molar-refractivity contribution in [3.63, 3.8) is 0 Å². The number of anilines is 1. The van der Waals surface area contributed by atoms with Crippen LogP contribution >= 0.6 is 0 Å². The second kappa shape index (κ2) is 6.18. The maximum Gasteiger partial charge on any atom is 0.250 e. The quantitative estimate of drug-likeness (QED) is 0.646. The molecule has 0 aromatic heterocycles. The van der Waals surface area contributed by atoms with Gasteiger partial charge in [-0.3, -0.25) is 9.59 Å². The van der Waals surface area contributed by atoms with Gasteiger partial charge in [0, 0.05) is 18.2 Å². The van der Waals surface area contributed by atoms with Gasteiger partial charge < -0.3 is 11.1 Å². The van der Waals surface area contributed by atoms with Crippen molar-refractivity contribution in [3.8, 4) is 0 Å². The molecule has 0 unspecified atom stereocenters. The molecular formula is C15H18N2O2. The van der Waals surface area contributed by atoms with Crippen molar-refractivity contribution in [2.24, 2.45) is 5.73 Å². The van der Waals surface area contributed by atoms with Crippen LogP contribution < -0.4 is 11.1 Å². The lowest BCUT2D eigenvalue weighted by molar-refractivity contribution is -0.115. The molecule has 0 saturated heterocycles. The van der Waals surface area contributed by atoms with Gasteiger partial charge in [0.05, 0.1) is 11.3 Å². The fraction of sp³-hybridized carbons (Fsp3) is 0.333. The number of benzene rings is 1. The molecule has 4 nitrogen and oxygen atoms in total. The Hall–Kier alpha value is -2.10. The third-order valence-corrected chi connectivity index (χ3v) is 3.30. The Labute approximate surface area is 112 Å². The number of primary amides is 1. The van der Waals surface area contributed by atoms with Crippen molar-refractivity contribution >= 4 is 17.4 Å². The summed E-state index contributed by atoms with van der Waals surface area (Å²) in [6, 6.07) is 7.02. The molecule has 1 fully saturated rings. The molecule has 1 saturated carbocycles. The number of nitrogens with two attached hydrogens (primary N) is 1. The van der Waals surface area contributed by atoms with Crippen LogP contribution in [0, 0.1) is 0 Å². The fourth-order valence-electron chi connectivity index (χ4n) is 2.22. The minimum absolute atomic E-state index is 0.196. The van der Waals surface area contributed by atoms with Crippen LogP contribution in [0.15, 0.2) is 36.0 Å². The number of nitrogens with one attached hydrogen (secondary N) is 1. The Kier molecular flexibility index (Phi) is 4.34. The van der Waals surface area contributed by atoms with Gasteiger partial charge in [-0.1, -0.05) is 18.6 Å². The lowest BCUT2D eigenvalue weighted by Gasteiger charge is -2.08. The highest BCUT2D eigenvalue weighted by Crippen LogP contribution is 2.20. The van der Waals surface area contributed by atoms with Gasteiger partial charge in [0.25, 0.3) is 5.91 Å². The average Bonchev–Trinajstić information content (AvgIpc) is 2.61. The monoisotopic (exact) mass is 258 g/mol. The van der Waals surface area contributed by atoms with Gasteiger partial charge in [-0.05, 0) is 31.4 Å². The molecule has 4 heteroatoms. The van der Waals surface area contributed by atoms with Gasteiger partial charge in [-0.2, -0.15) is 0 Å². The van der Waals surface area contributed by atoms with Gasteiger partial charge in [0.2, 0.25) is 0 Å². The Balaban J connectivity index is 2.17. The summed E-state index contributed by atoms with van der Waals surface area (Å²) in [6.45, 7) is 0. The maximum atomic E-state index is 11.9. The summed E-state index contributed by atoms with van der Waals surface area (Å²) >= 11 is 0. The predicted molar refractivity (Wildman–Crippen MR) is 74.8 cm³/mol. The summed E-state index contributed by atoms with van der Waals surface area (Å²) in [4.78, 5) is 23.1. The summed E-state index contributed by atoms with van der Waals surface area (Å²) in [5.74, 6) is -0.282. The van der Waals surface area contributed by atoms with Gasteiger partial charge in [0.15, 0.2) is 5.78 Å². The molecule has 0 spiro atoms. The smallest absolute Gasteiger partial charge is 0.250 e. The number of ketones is 1. The highest BCUT2D eigenvalue weighted by molar-refractivity contribution is 5.99. The van der Waals surface area contributed by atoms with E-state index in [0.717, 1.165) is 31.3 Å². The number of allylic oxidation sites excluding steroid dienone is 1. The molecule has 19 heavy (non-hydrogen) atoms. The normalized spacial score (nSPS) is 18.1. The molecule has 0 radical (unpaired) electrons. The lowest BCUT2D eigenvalue weighted by Crippen LogP contribution is -2.13. The van der Waals surface area contributed by atoms with E-state index < -0.39 is 5.91 Å². The highest BCUT2D eigenvalue weighted by atomic mass is 16.1. The molecule has 3 N–H and O–H groups in total. The zero-order valence-electron chi connectivity index (χ0n) is 10.8. The number of rotatable bonds is 3. The Morgan fingerprint density at radius 2 is 1.89 bits per heavy atom. The number of carbonyl (C=O) groups is 2. The summed E-state index contributed by atoms with van der Waals surface area (Å²) in [5.41, 5.74) is 7.18. The fourth-order valence-corrected chi connectivity index (χ4v) is 2.22. The Morgan fingerprint density at radius 3 is 2.68 bits per heavy atom. The standard InChI is InChI=1S/C15H18N2O2/c16-15(19)12-7-4-5-8-13(12)17-10-11-6-2-1-3-9-14(11)18/h4-5,7-8,10,17H,1-3,6,9H2,(H2,16,19)/b11-10+. The molecule has 0 heterocycles. The number of carbonyl (C=O) groups excluding carboxylic acids is 2. The van der Waals surface area contributed by atoms with Gasteiger partial charge in [0.1, 0.15) is 0 Å². The first-order chi connectivity index (χ1) is 9.18. The molecule has 1 aromatic carbocycles. The van der Waals surface area contributed by atoms with E-state index in [1.165, 1.54) is 0 Å². The summed E-state index contributed by atoms with van der Waals surface area (Å²) in [6.07, 6.45) is 6.23. The van der Waals surface area contributed by atoms with Crippen molar-refractivity contribution in [1.29, 1.82) is 0 Å². The van der Waals surface area contributed by atoms with Gasteiger partial charge in [-0.15, -0.1) is 0 Å². The number of hydrogen-bond donors (Lipinski definition) is 2. The highest BCUT2D eigenvalue weighted by Gasteiger charge is 2.13. The lowest BCUT2D eigenvalue weighted by atomic mass is 10.1. The van der Waals surface area contributed by atoms with Gasteiger partial charge in [-0.25, -0.2) is 0 Å². The van der Waals surface area contributed by atoms with E-state index in [9.17, 15) is 9.59 Å². The number of para-hydroxylation sites is 1. The Bertz CT molecular complexity index is 521. The zero-order chi connectivity index (χ0) is 13.7. The molecule has 1 aromatic rings. The van der Waals surface area contributed by atoms with Crippen LogP contribution in [0.3, 0.4) is 0 Å². The first-order valence-electron chi connectivity index (χ1n) is 6.56. The van der Waals surface area contributed by atoms with Crippen LogP contribution in [0.1, 0.15) is 42.5 Å². The minimum atomic E-state index is -0.478. The topological polar surface area (TPSA) is 72.2 Å². The van der Waals surface area contributed by atoms with Crippen molar-refractivity contribution in [2.45, 2.75) is 32.1 Å². The van der Waals surface area contributed by atoms with E-state index >= 15 is 0 Å². The largest absolute Gasteiger partial charge is 0.366 e. The van der Waals surface area contributed by atoms with Crippen LogP contribution in [0.5, 0.6) is 0 Å². The SMILES string of the molecule is NC(=O)c1ccccc1N/C=C1\CCCCCC1=O. The first-order valence-corrected chi connectivity index (χ1v) is 6.56. The number of Topliss-reactive ketones (excluding diaryl/α,β-unsaturated/α-hetero) is 1. The van der Waals surface area contributed by atoms with Crippen molar-refractivity contribution in [2.75, 3.05) is 5.32 Å². The van der Waals surface area contributed by atoms with Crippen molar-refractivity contribution < 1.29 is 9.59 Å². The molecule has 0 aliphatic heterocycles. The molecular weight excluding hydrogens is 240 g/mol. The van der Waals surface area contributed by atoms with E-state index in [2.05, 4.69) is 5.32 Å². The second-order valence-corrected chi connectivity index (χ2v) is 4.71. The molecule has 100 valence electrons. The molecule has 2 rings (SSSR count). The number of amides is 1. The van der Waals surface area contributed by atoms with Gasteiger partial charge >= 0.3 is 0 Å². The number of hydrogen-bond acceptors (Lipinski definition) is 3. The summed E-state index contributed by atoms with van der Waals surface area (Å²) in [7, 11) is 0. The van der Waals surface area contributed by atoms with E-state index in [-0.39, 0.29) is 5.78 Å². The van der Waals surface area contributed by atoms with Crippen LogP contribution in [0.25, 0.3) is 0 Å². The summed E-state index contributed by atoms with van der Waals surface area (Å²) < 4.78 is 0. The van der Waals surface area contributed by atoms with Crippen LogP contribution in [-0.4, -0.2) is 11.7 Å². The maximum absolute atomic E-state index is 11.9. The molecule has 0 atom stereocenters. The third-order valence-electron chi connectivity index (χ3n) is 3.30. The van der Waals surface area contributed by atoms with Crippen LogP contribution in [0.2, 0.25) is 0 Å². The van der Waals surface area contributed by atoms with Crippen molar-refractivity contribution in [1.82, 2.24) is 0 Å². The van der Waals surface area contributed by atoms with E-state index in [1.54, 1.807) is 24.4 Å².